The summed E-state index contributed by atoms with van der Waals surface area (Å²) in [6.45, 7) is 6.75. The fourth-order valence-corrected chi connectivity index (χ4v) is 4.45. The van der Waals surface area contributed by atoms with E-state index < -0.39 is 0 Å². The van der Waals surface area contributed by atoms with Gasteiger partial charge >= 0.3 is 6.03 Å². The molecule has 4 rings (SSSR count). The lowest BCUT2D eigenvalue weighted by atomic mass is 9.90. The molecule has 2 aromatic rings. The van der Waals surface area contributed by atoms with Gasteiger partial charge in [0.05, 0.1) is 13.2 Å². The van der Waals surface area contributed by atoms with Gasteiger partial charge in [-0.3, -0.25) is 4.90 Å². The summed E-state index contributed by atoms with van der Waals surface area (Å²) in [6, 6.07) is 19.2. The Balaban J connectivity index is 1.24. The van der Waals surface area contributed by atoms with Crippen molar-refractivity contribution in [2.45, 2.75) is 32.4 Å². The molecule has 1 N–H and O–H groups in total. The third-order valence-corrected chi connectivity index (χ3v) is 6.32. The fourth-order valence-electron chi connectivity index (χ4n) is 4.45. The summed E-state index contributed by atoms with van der Waals surface area (Å²) in [4.78, 5) is 17.1. The maximum absolute atomic E-state index is 12.7. The summed E-state index contributed by atoms with van der Waals surface area (Å²) < 4.78 is 5.45. The van der Waals surface area contributed by atoms with Crippen LogP contribution < -0.4 is 5.32 Å². The molecule has 0 radical (unpaired) electrons. The second kappa shape index (κ2) is 10.6. The van der Waals surface area contributed by atoms with Crippen LogP contribution in [0.3, 0.4) is 0 Å². The van der Waals surface area contributed by atoms with E-state index in [1.165, 1.54) is 16.7 Å². The summed E-state index contributed by atoms with van der Waals surface area (Å²) in [7, 11) is 0. The SMILES string of the molecule is O=C(NCc1ccccc1CN1CCOCC1)N1CCC(Cc2ccccc2)CC1. The number of ether oxygens (including phenoxy) is 1. The van der Waals surface area contributed by atoms with Gasteiger partial charge in [0.2, 0.25) is 0 Å². The van der Waals surface area contributed by atoms with Crippen LogP contribution in [0.15, 0.2) is 54.6 Å². The highest BCUT2D eigenvalue weighted by atomic mass is 16.5. The Bertz CT molecular complexity index is 797. The third-order valence-electron chi connectivity index (χ3n) is 6.32. The van der Waals surface area contributed by atoms with Crippen molar-refractivity contribution in [3.63, 3.8) is 0 Å². The molecule has 2 aliphatic rings. The number of hydrogen-bond acceptors (Lipinski definition) is 3. The highest BCUT2D eigenvalue weighted by Crippen LogP contribution is 2.22. The number of nitrogens with zero attached hydrogens (tertiary/aromatic N) is 2. The molecule has 0 bridgehead atoms. The Kier molecular flexibility index (Phi) is 7.38. The van der Waals surface area contributed by atoms with Crippen LogP contribution in [0.2, 0.25) is 0 Å². The van der Waals surface area contributed by atoms with Gasteiger partial charge < -0.3 is 15.0 Å². The van der Waals surface area contributed by atoms with E-state index in [2.05, 4.69) is 64.8 Å². The molecule has 2 amide bonds. The number of carbonyl (C=O) groups is 1. The number of hydrogen-bond donors (Lipinski definition) is 1. The van der Waals surface area contributed by atoms with Crippen molar-refractivity contribution in [2.75, 3.05) is 39.4 Å². The van der Waals surface area contributed by atoms with Gasteiger partial charge in [-0.25, -0.2) is 4.79 Å². The van der Waals surface area contributed by atoms with Crippen LogP contribution in [0, 0.1) is 5.92 Å². The second-order valence-electron chi connectivity index (χ2n) is 8.44. The summed E-state index contributed by atoms with van der Waals surface area (Å²) >= 11 is 0. The molecule has 2 fully saturated rings. The van der Waals surface area contributed by atoms with Crippen molar-refractivity contribution in [3.8, 4) is 0 Å². The molecule has 0 saturated carbocycles. The van der Waals surface area contributed by atoms with Gasteiger partial charge in [0.1, 0.15) is 0 Å². The van der Waals surface area contributed by atoms with E-state index >= 15 is 0 Å². The highest BCUT2D eigenvalue weighted by molar-refractivity contribution is 5.74. The molecule has 160 valence electrons. The first-order valence-corrected chi connectivity index (χ1v) is 11.2. The summed E-state index contributed by atoms with van der Waals surface area (Å²) in [6.07, 6.45) is 3.27. The Hall–Kier alpha value is -2.37. The molecule has 0 unspecified atom stereocenters. The van der Waals surface area contributed by atoms with Crippen molar-refractivity contribution in [2.24, 2.45) is 5.92 Å². The van der Waals surface area contributed by atoms with E-state index in [0.29, 0.717) is 12.5 Å². The standard InChI is InChI=1S/C25H33N3O2/c29-25(28-12-10-22(11-13-28)18-21-6-2-1-3-7-21)26-19-23-8-4-5-9-24(23)20-27-14-16-30-17-15-27/h1-9,22H,10-20H2,(H,26,29). The number of urea groups is 1. The normalized spacial score (nSPS) is 18.3. The molecule has 5 heteroatoms. The van der Waals surface area contributed by atoms with Gasteiger partial charge in [-0.15, -0.1) is 0 Å². The monoisotopic (exact) mass is 407 g/mol. The van der Waals surface area contributed by atoms with E-state index in [1.54, 1.807) is 0 Å². The first-order valence-electron chi connectivity index (χ1n) is 11.2. The number of rotatable bonds is 6. The number of nitrogens with one attached hydrogen (secondary N) is 1. The molecule has 5 nitrogen and oxygen atoms in total. The van der Waals surface area contributed by atoms with Crippen LogP contribution in [-0.2, 0) is 24.2 Å². The Labute approximate surface area is 180 Å². The van der Waals surface area contributed by atoms with E-state index in [-0.39, 0.29) is 6.03 Å². The van der Waals surface area contributed by atoms with Crippen LogP contribution in [0.5, 0.6) is 0 Å². The average Bonchev–Trinajstić information content (AvgIpc) is 2.80. The van der Waals surface area contributed by atoms with Crippen LogP contribution in [-0.4, -0.2) is 55.2 Å². The molecule has 0 spiro atoms. The van der Waals surface area contributed by atoms with E-state index in [9.17, 15) is 4.79 Å². The van der Waals surface area contributed by atoms with Crippen molar-refractivity contribution in [1.29, 1.82) is 0 Å². The van der Waals surface area contributed by atoms with Crippen LogP contribution in [0.1, 0.15) is 29.5 Å². The van der Waals surface area contributed by atoms with Gasteiger partial charge in [0.15, 0.2) is 0 Å². The first-order chi connectivity index (χ1) is 14.8. The van der Waals surface area contributed by atoms with Crippen molar-refractivity contribution >= 4 is 6.03 Å². The minimum atomic E-state index is 0.0642. The second-order valence-corrected chi connectivity index (χ2v) is 8.44. The summed E-state index contributed by atoms with van der Waals surface area (Å²) in [5, 5.41) is 3.15. The van der Waals surface area contributed by atoms with Gasteiger partial charge in [0, 0.05) is 39.3 Å². The van der Waals surface area contributed by atoms with E-state index in [1.807, 2.05) is 4.90 Å². The van der Waals surface area contributed by atoms with Gasteiger partial charge in [-0.2, -0.15) is 0 Å². The van der Waals surface area contributed by atoms with Crippen LogP contribution >= 0.6 is 0 Å². The maximum Gasteiger partial charge on any atom is 0.317 e. The highest BCUT2D eigenvalue weighted by Gasteiger charge is 2.23. The fraction of sp³-hybridized carbons (Fsp3) is 0.480. The predicted octanol–water partition coefficient (Wildman–Crippen LogP) is 3.68. The van der Waals surface area contributed by atoms with Crippen molar-refractivity contribution in [3.05, 3.63) is 71.3 Å². The summed E-state index contributed by atoms with van der Waals surface area (Å²) in [5.74, 6) is 0.672. The summed E-state index contributed by atoms with van der Waals surface area (Å²) in [5.41, 5.74) is 3.90. The molecule has 0 aliphatic carbocycles. The van der Waals surface area contributed by atoms with Crippen molar-refractivity contribution in [1.82, 2.24) is 15.1 Å². The number of carbonyl (C=O) groups excluding carboxylic acids is 1. The molecule has 2 saturated heterocycles. The first kappa shape index (κ1) is 20.9. The molecule has 2 aromatic carbocycles. The van der Waals surface area contributed by atoms with Gasteiger partial charge in [-0.1, -0.05) is 54.6 Å². The number of piperidine rings is 1. The Morgan fingerprint density at radius 3 is 2.30 bits per heavy atom. The molecular formula is C25H33N3O2. The van der Waals surface area contributed by atoms with Gasteiger partial charge in [0.25, 0.3) is 0 Å². The zero-order chi connectivity index (χ0) is 20.6. The molecule has 2 aliphatic heterocycles. The van der Waals surface area contributed by atoms with Crippen LogP contribution in [0.25, 0.3) is 0 Å². The Morgan fingerprint density at radius 1 is 0.900 bits per heavy atom. The van der Waals surface area contributed by atoms with Gasteiger partial charge in [-0.05, 0) is 41.9 Å². The number of likely N-dealkylation sites (tertiary alicyclic amines) is 1. The zero-order valence-corrected chi connectivity index (χ0v) is 17.8. The molecule has 0 aromatic heterocycles. The lowest BCUT2D eigenvalue weighted by molar-refractivity contribution is 0.0340. The molecule has 0 atom stereocenters. The molecular weight excluding hydrogens is 374 g/mol. The average molecular weight is 408 g/mol. The Morgan fingerprint density at radius 2 is 1.57 bits per heavy atom. The predicted molar refractivity (Wildman–Crippen MR) is 119 cm³/mol. The lowest BCUT2D eigenvalue weighted by Crippen LogP contribution is -2.44. The molecule has 2 heterocycles. The third kappa shape index (κ3) is 5.83. The smallest absolute Gasteiger partial charge is 0.317 e. The number of amides is 2. The molecule has 30 heavy (non-hydrogen) atoms. The topological polar surface area (TPSA) is 44.8 Å². The maximum atomic E-state index is 12.7. The minimum absolute atomic E-state index is 0.0642. The quantitative estimate of drug-likeness (QED) is 0.794. The zero-order valence-electron chi connectivity index (χ0n) is 17.8. The van der Waals surface area contributed by atoms with E-state index in [4.69, 9.17) is 4.74 Å². The van der Waals surface area contributed by atoms with Crippen molar-refractivity contribution < 1.29 is 9.53 Å². The number of morpholine rings is 1. The number of benzene rings is 2. The largest absolute Gasteiger partial charge is 0.379 e. The van der Waals surface area contributed by atoms with E-state index in [0.717, 1.165) is 65.2 Å². The minimum Gasteiger partial charge on any atom is -0.379 e. The lowest BCUT2D eigenvalue weighted by Gasteiger charge is -2.32. The van der Waals surface area contributed by atoms with Crippen LogP contribution in [0.4, 0.5) is 4.79 Å².